The number of nitrogens with zero attached hydrogens (tertiary/aromatic N) is 1. The van der Waals surface area contributed by atoms with Crippen LogP contribution in [-0.2, 0) is 21.9 Å². The Morgan fingerprint density at radius 2 is 1.60 bits per heavy atom. The molecule has 30 heavy (non-hydrogen) atoms. The van der Waals surface area contributed by atoms with Gasteiger partial charge in [-0.2, -0.15) is 0 Å². The molecule has 2 rings (SSSR count). The monoisotopic (exact) mass is 486 g/mol. The summed E-state index contributed by atoms with van der Waals surface area (Å²) in [4.78, 5) is 27.2. The van der Waals surface area contributed by atoms with E-state index in [0.29, 0.717) is 27.4 Å². The van der Waals surface area contributed by atoms with E-state index >= 15 is 0 Å². The fraction of sp³-hybridized carbons (Fsp3) is 0.364. The Labute approximate surface area is 197 Å². The van der Waals surface area contributed by atoms with Crippen LogP contribution in [-0.4, -0.2) is 34.6 Å². The highest BCUT2D eigenvalue weighted by molar-refractivity contribution is 7.99. The average Bonchev–Trinajstić information content (AvgIpc) is 2.68. The summed E-state index contributed by atoms with van der Waals surface area (Å²) in [7, 11) is 0. The molecule has 0 aromatic heterocycles. The van der Waals surface area contributed by atoms with Crippen molar-refractivity contribution >= 4 is 58.4 Å². The average molecular weight is 488 g/mol. The minimum absolute atomic E-state index is 0.0100. The van der Waals surface area contributed by atoms with Crippen molar-refractivity contribution in [1.82, 2.24) is 10.2 Å². The van der Waals surface area contributed by atoms with Gasteiger partial charge in [-0.05, 0) is 56.2 Å². The predicted octanol–water partition coefficient (Wildman–Crippen LogP) is 5.82. The summed E-state index contributed by atoms with van der Waals surface area (Å²) in [6.45, 7) is 5.83. The highest BCUT2D eigenvalue weighted by Gasteiger charge is 2.26. The van der Waals surface area contributed by atoms with Gasteiger partial charge in [0.1, 0.15) is 6.04 Å². The molecule has 162 valence electrons. The maximum absolute atomic E-state index is 13.0. The van der Waals surface area contributed by atoms with Crippen molar-refractivity contribution < 1.29 is 9.59 Å². The van der Waals surface area contributed by atoms with E-state index in [1.54, 1.807) is 42.2 Å². The summed E-state index contributed by atoms with van der Waals surface area (Å²) in [5, 5.41) is 4.64. The third kappa shape index (κ3) is 7.38. The lowest BCUT2D eigenvalue weighted by molar-refractivity contribution is -0.138. The molecule has 0 saturated carbocycles. The minimum atomic E-state index is -0.611. The third-order valence-corrected chi connectivity index (χ3v) is 6.30. The van der Waals surface area contributed by atoms with Crippen molar-refractivity contribution in [2.24, 2.45) is 0 Å². The van der Waals surface area contributed by atoms with Crippen LogP contribution in [0.25, 0.3) is 0 Å². The van der Waals surface area contributed by atoms with Crippen LogP contribution in [0.3, 0.4) is 0 Å². The standard InChI is InChI=1S/C22H25Cl3N2O2S/c1-14(2)26-22(29)15(3)27(11-16-7-9-17(23)10-8-16)21(28)13-30-12-18-19(24)5-4-6-20(18)25/h4-10,14-15H,11-13H2,1-3H3,(H,26,29). The van der Waals surface area contributed by atoms with Gasteiger partial charge in [0.2, 0.25) is 11.8 Å². The van der Waals surface area contributed by atoms with Crippen LogP contribution in [0.2, 0.25) is 15.1 Å². The van der Waals surface area contributed by atoms with E-state index in [1.807, 2.05) is 26.0 Å². The largest absolute Gasteiger partial charge is 0.352 e. The third-order valence-electron chi connectivity index (χ3n) is 4.40. The zero-order chi connectivity index (χ0) is 22.3. The van der Waals surface area contributed by atoms with Crippen molar-refractivity contribution in [3.8, 4) is 0 Å². The highest BCUT2D eigenvalue weighted by atomic mass is 35.5. The highest BCUT2D eigenvalue weighted by Crippen LogP contribution is 2.28. The number of halogens is 3. The number of thioether (sulfide) groups is 1. The van der Waals surface area contributed by atoms with Gasteiger partial charge in [0.15, 0.2) is 0 Å². The Kier molecular flexibility index (Phi) is 9.82. The maximum Gasteiger partial charge on any atom is 0.242 e. The molecule has 2 amide bonds. The Balaban J connectivity index is 2.10. The van der Waals surface area contributed by atoms with Crippen LogP contribution < -0.4 is 5.32 Å². The molecule has 0 aliphatic carbocycles. The number of benzene rings is 2. The number of nitrogens with one attached hydrogen (secondary N) is 1. The van der Waals surface area contributed by atoms with E-state index in [-0.39, 0.29) is 23.6 Å². The molecule has 0 aliphatic rings. The van der Waals surface area contributed by atoms with E-state index in [2.05, 4.69) is 5.32 Å². The lowest BCUT2D eigenvalue weighted by atomic mass is 10.1. The Morgan fingerprint density at radius 3 is 2.17 bits per heavy atom. The number of hydrogen-bond acceptors (Lipinski definition) is 3. The van der Waals surface area contributed by atoms with Crippen molar-refractivity contribution in [1.29, 1.82) is 0 Å². The molecule has 0 aliphatic heterocycles. The lowest BCUT2D eigenvalue weighted by Crippen LogP contribution is -2.49. The molecule has 4 nitrogen and oxygen atoms in total. The van der Waals surface area contributed by atoms with Gasteiger partial charge in [0.05, 0.1) is 5.75 Å². The smallest absolute Gasteiger partial charge is 0.242 e. The van der Waals surface area contributed by atoms with Crippen molar-refractivity contribution in [2.75, 3.05) is 5.75 Å². The zero-order valence-electron chi connectivity index (χ0n) is 17.1. The second-order valence-electron chi connectivity index (χ2n) is 7.18. The number of hydrogen-bond donors (Lipinski definition) is 1. The molecule has 2 aromatic rings. The topological polar surface area (TPSA) is 49.4 Å². The SMILES string of the molecule is CC(C)NC(=O)C(C)N(Cc1ccc(Cl)cc1)C(=O)CSCc1c(Cl)cccc1Cl. The molecule has 0 heterocycles. The van der Waals surface area contributed by atoms with E-state index in [9.17, 15) is 9.59 Å². The van der Waals surface area contributed by atoms with Crippen LogP contribution in [0.15, 0.2) is 42.5 Å². The van der Waals surface area contributed by atoms with E-state index in [1.165, 1.54) is 11.8 Å². The second kappa shape index (κ2) is 11.8. The molecule has 1 atom stereocenters. The van der Waals surface area contributed by atoms with E-state index < -0.39 is 6.04 Å². The first-order valence-corrected chi connectivity index (χ1v) is 11.8. The number of amides is 2. The predicted molar refractivity (Wildman–Crippen MR) is 127 cm³/mol. The Morgan fingerprint density at radius 1 is 1.00 bits per heavy atom. The van der Waals surface area contributed by atoms with Crippen molar-refractivity contribution in [3.05, 3.63) is 68.7 Å². The molecule has 0 saturated heterocycles. The van der Waals surface area contributed by atoms with Crippen LogP contribution in [0, 0.1) is 0 Å². The van der Waals surface area contributed by atoms with Crippen molar-refractivity contribution in [3.63, 3.8) is 0 Å². The molecular weight excluding hydrogens is 463 g/mol. The molecular formula is C22H25Cl3N2O2S. The first-order chi connectivity index (χ1) is 14.2. The van der Waals surface area contributed by atoms with Gasteiger partial charge in [-0.25, -0.2) is 0 Å². The fourth-order valence-corrected chi connectivity index (χ4v) is 4.54. The molecule has 0 spiro atoms. The van der Waals surface area contributed by atoms with Gasteiger partial charge in [-0.1, -0.05) is 53.0 Å². The molecule has 0 bridgehead atoms. The molecule has 2 aromatic carbocycles. The summed E-state index contributed by atoms with van der Waals surface area (Å²) in [6.07, 6.45) is 0. The first kappa shape index (κ1) is 24.9. The molecule has 1 N–H and O–H groups in total. The maximum atomic E-state index is 13.0. The lowest BCUT2D eigenvalue weighted by Gasteiger charge is -2.29. The van der Waals surface area contributed by atoms with Crippen molar-refractivity contribution in [2.45, 2.75) is 45.2 Å². The molecule has 8 heteroatoms. The number of carbonyl (C=O) groups excluding carboxylic acids is 2. The van der Waals surface area contributed by atoms with Crippen LogP contribution in [0.1, 0.15) is 31.9 Å². The van der Waals surface area contributed by atoms with Gasteiger partial charge in [-0.3, -0.25) is 9.59 Å². The van der Waals surface area contributed by atoms with E-state index in [4.69, 9.17) is 34.8 Å². The summed E-state index contributed by atoms with van der Waals surface area (Å²) < 4.78 is 0. The zero-order valence-corrected chi connectivity index (χ0v) is 20.2. The van der Waals surface area contributed by atoms with Gasteiger partial charge in [-0.15, -0.1) is 11.8 Å². The number of carbonyl (C=O) groups is 2. The Bertz CT molecular complexity index is 855. The normalized spacial score (nSPS) is 12.0. The van der Waals surface area contributed by atoms with Crippen LogP contribution >= 0.6 is 46.6 Å². The minimum Gasteiger partial charge on any atom is -0.352 e. The summed E-state index contributed by atoms with van der Waals surface area (Å²) in [6, 6.07) is 12.0. The quantitative estimate of drug-likeness (QED) is 0.485. The summed E-state index contributed by atoms with van der Waals surface area (Å²) in [5.74, 6) is 0.385. The first-order valence-electron chi connectivity index (χ1n) is 9.54. The molecule has 0 radical (unpaired) electrons. The van der Waals surface area contributed by atoms with Gasteiger partial charge in [0.25, 0.3) is 0 Å². The van der Waals surface area contributed by atoms with Gasteiger partial charge < -0.3 is 10.2 Å². The van der Waals surface area contributed by atoms with Crippen LogP contribution in [0.4, 0.5) is 0 Å². The Hall–Kier alpha value is -1.40. The van der Waals surface area contributed by atoms with E-state index in [0.717, 1.165) is 11.1 Å². The second-order valence-corrected chi connectivity index (χ2v) is 9.42. The summed E-state index contributed by atoms with van der Waals surface area (Å²) in [5.41, 5.74) is 1.70. The summed E-state index contributed by atoms with van der Waals surface area (Å²) >= 11 is 19.8. The van der Waals surface area contributed by atoms with Gasteiger partial charge >= 0.3 is 0 Å². The number of rotatable bonds is 9. The van der Waals surface area contributed by atoms with Gasteiger partial charge in [0, 0.05) is 33.4 Å². The fourth-order valence-electron chi connectivity index (χ4n) is 2.77. The molecule has 0 fully saturated rings. The van der Waals surface area contributed by atoms with Crippen LogP contribution in [0.5, 0.6) is 0 Å². The molecule has 1 unspecified atom stereocenters.